The number of methoxy groups -OCH3 is 1. The molecule has 0 amide bonds. The van der Waals surface area contributed by atoms with Crippen LogP contribution in [0.5, 0.6) is 0 Å². The zero-order valence-electron chi connectivity index (χ0n) is 15.8. The van der Waals surface area contributed by atoms with Crippen LogP contribution in [0.4, 0.5) is 57.1 Å². The molecule has 1 rings (SSSR count). The second kappa shape index (κ2) is 7.96. The van der Waals surface area contributed by atoms with Gasteiger partial charge < -0.3 is 4.74 Å². The van der Waals surface area contributed by atoms with Crippen LogP contribution in [-0.4, -0.2) is 42.9 Å². The molecule has 0 aliphatic carbocycles. The minimum Gasteiger partial charge on any atom is -0.374 e. The molecule has 0 N–H and O–H groups in total. The van der Waals surface area contributed by atoms with Gasteiger partial charge in [-0.15, -0.1) is 0 Å². The van der Waals surface area contributed by atoms with Crippen LogP contribution in [0.3, 0.4) is 0 Å². The predicted molar refractivity (Wildman–Crippen MR) is 80.9 cm³/mol. The van der Waals surface area contributed by atoms with Crippen LogP contribution in [-0.2, 0) is 10.3 Å². The van der Waals surface area contributed by atoms with Crippen LogP contribution in [0.25, 0.3) is 0 Å². The van der Waals surface area contributed by atoms with E-state index in [1.54, 1.807) is 6.07 Å². The van der Waals surface area contributed by atoms with Crippen molar-refractivity contribution in [2.24, 2.45) is 0 Å². The van der Waals surface area contributed by atoms with Crippen molar-refractivity contribution in [2.45, 2.75) is 54.7 Å². The third-order valence-corrected chi connectivity index (χ3v) is 4.63. The van der Waals surface area contributed by atoms with Crippen LogP contribution in [0.15, 0.2) is 24.3 Å². The third-order valence-electron chi connectivity index (χ3n) is 4.63. The van der Waals surface area contributed by atoms with Gasteiger partial charge in [-0.3, -0.25) is 0 Å². The Morgan fingerprint density at radius 3 is 1.47 bits per heavy atom. The first-order valence-electron chi connectivity index (χ1n) is 8.07. The number of rotatable bonds is 8. The van der Waals surface area contributed by atoms with Gasteiger partial charge in [0.15, 0.2) is 0 Å². The number of nitriles is 1. The van der Waals surface area contributed by atoms with E-state index in [-0.39, 0.29) is 5.56 Å². The molecule has 1 atom stereocenters. The molecule has 32 heavy (non-hydrogen) atoms. The van der Waals surface area contributed by atoms with E-state index in [9.17, 15) is 57.1 Å². The van der Waals surface area contributed by atoms with E-state index in [0.717, 1.165) is 24.3 Å². The number of hydrogen-bond acceptors (Lipinski definition) is 2. The van der Waals surface area contributed by atoms with Crippen molar-refractivity contribution < 1.29 is 61.8 Å². The van der Waals surface area contributed by atoms with E-state index in [2.05, 4.69) is 4.74 Å². The topological polar surface area (TPSA) is 33.0 Å². The molecule has 0 heterocycles. The van der Waals surface area contributed by atoms with E-state index in [4.69, 9.17) is 5.26 Å². The fourth-order valence-electron chi connectivity index (χ4n) is 2.53. The molecule has 182 valence electrons. The van der Waals surface area contributed by atoms with Gasteiger partial charge in [0.25, 0.3) is 0 Å². The Bertz CT molecular complexity index is 855. The maximum Gasteiger partial charge on any atom is 0.460 e. The van der Waals surface area contributed by atoms with Crippen molar-refractivity contribution in [3.8, 4) is 6.07 Å². The van der Waals surface area contributed by atoms with Crippen molar-refractivity contribution in [3.63, 3.8) is 0 Å². The second-order valence-electron chi connectivity index (χ2n) is 6.80. The zero-order valence-corrected chi connectivity index (χ0v) is 15.8. The second-order valence-corrected chi connectivity index (χ2v) is 6.80. The number of halogens is 13. The summed E-state index contributed by atoms with van der Waals surface area (Å²) in [7, 11) is 0.622. The van der Waals surface area contributed by atoms with Gasteiger partial charge in [-0.05, 0) is 24.6 Å². The molecule has 0 saturated carbocycles. The first-order chi connectivity index (χ1) is 14.1. The van der Waals surface area contributed by atoms with Gasteiger partial charge in [-0.1, -0.05) is 12.1 Å². The summed E-state index contributed by atoms with van der Waals surface area (Å²) >= 11 is 0. The molecule has 1 aromatic carbocycles. The smallest absolute Gasteiger partial charge is 0.374 e. The number of hydrogen-bond donors (Lipinski definition) is 0. The minimum atomic E-state index is -7.96. The highest BCUT2D eigenvalue weighted by Gasteiger charge is 2.90. The number of benzene rings is 1. The summed E-state index contributed by atoms with van der Waals surface area (Å²) in [5, 5.41) is 8.67. The lowest BCUT2D eigenvalue weighted by Crippen LogP contribution is -2.70. The van der Waals surface area contributed by atoms with Gasteiger partial charge in [0.05, 0.1) is 23.7 Å². The van der Waals surface area contributed by atoms with Gasteiger partial charge in [0, 0.05) is 7.11 Å². The maximum atomic E-state index is 14.2. The van der Waals surface area contributed by atoms with E-state index in [0.29, 0.717) is 14.0 Å². The zero-order chi connectivity index (χ0) is 25.6. The van der Waals surface area contributed by atoms with Crippen molar-refractivity contribution in [1.82, 2.24) is 0 Å². The van der Waals surface area contributed by atoms with Crippen molar-refractivity contribution in [2.75, 3.05) is 7.11 Å². The largest absolute Gasteiger partial charge is 0.460 e. The predicted octanol–water partition coefficient (Wildman–Crippen LogP) is 6.55. The van der Waals surface area contributed by atoms with Crippen LogP contribution < -0.4 is 0 Å². The normalized spacial score (nSPS) is 16.4. The van der Waals surface area contributed by atoms with Crippen molar-refractivity contribution in [1.29, 1.82) is 5.26 Å². The molecule has 0 spiro atoms. The minimum absolute atomic E-state index is 0.0650. The molecule has 0 aliphatic heterocycles. The maximum absolute atomic E-state index is 14.2. The van der Waals surface area contributed by atoms with Gasteiger partial charge in [0.1, 0.15) is 0 Å². The van der Waals surface area contributed by atoms with Crippen molar-refractivity contribution >= 4 is 0 Å². The van der Waals surface area contributed by atoms with E-state index in [1.807, 2.05) is 0 Å². The van der Waals surface area contributed by atoms with Crippen LogP contribution in [0.2, 0.25) is 0 Å². The highest BCUT2D eigenvalue weighted by Crippen LogP contribution is 2.61. The Kier molecular flexibility index (Phi) is 6.92. The Balaban J connectivity index is 3.50. The van der Waals surface area contributed by atoms with Gasteiger partial charge in [-0.2, -0.15) is 62.3 Å². The molecule has 1 unspecified atom stereocenters. The highest BCUT2D eigenvalue weighted by atomic mass is 19.4. The summed E-state index contributed by atoms with van der Waals surface area (Å²) < 4.78 is 177. The van der Waals surface area contributed by atoms with Crippen LogP contribution in [0.1, 0.15) is 24.5 Å². The van der Waals surface area contributed by atoms with E-state index >= 15 is 0 Å². The molecule has 1 aromatic rings. The summed E-state index contributed by atoms with van der Waals surface area (Å²) in [5.74, 6) is -37.3. The summed E-state index contributed by atoms with van der Waals surface area (Å²) in [6.07, 6.45) is -10.0. The van der Waals surface area contributed by atoms with Gasteiger partial charge >= 0.3 is 35.8 Å². The Morgan fingerprint density at radius 2 is 1.12 bits per heavy atom. The lowest BCUT2D eigenvalue weighted by Gasteiger charge is -2.42. The average molecular weight is 493 g/mol. The quantitative estimate of drug-likeness (QED) is 0.385. The molecule has 0 aliphatic rings. The Labute approximate surface area is 171 Å². The molecular weight excluding hydrogens is 481 g/mol. The highest BCUT2D eigenvalue weighted by molar-refractivity contribution is 5.34. The molecule has 0 fully saturated rings. The van der Waals surface area contributed by atoms with Gasteiger partial charge in [0.2, 0.25) is 0 Å². The summed E-state index contributed by atoms with van der Waals surface area (Å²) in [5.41, 5.74) is -3.17. The first-order valence-corrected chi connectivity index (χ1v) is 8.07. The lowest BCUT2D eigenvalue weighted by atomic mass is 9.84. The van der Waals surface area contributed by atoms with E-state index in [1.165, 1.54) is 0 Å². The number of alkyl halides is 13. The lowest BCUT2D eigenvalue weighted by molar-refractivity contribution is -0.441. The molecule has 0 bridgehead atoms. The standard InChI is InChI=1S/C17H12F13NO/c1-11(32-2,10-5-3-9(7-31)4-6-10)8-12(18,19)13(20,21)14(22,23)15(24,25)16(26,27)17(28,29)30/h3-6H,8H2,1-2H3. The fraction of sp³-hybridized carbons (Fsp3) is 0.588. The third kappa shape index (κ3) is 4.08. The van der Waals surface area contributed by atoms with Crippen LogP contribution in [0, 0.1) is 11.3 Å². The Hall–Kier alpha value is -2.24. The first kappa shape index (κ1) is 27.8. The molecule has 0 saturated heterocycles. The molecule has 15 heteroatoms. The monoisotopic (exact) mass is 493 g/mol. The van der Waals surface area contributed by atoms with Gasteiger partial charge in [-0.25, -0.2) is 0 Å². The molecule has 0 aromatic heterocycles. The Morgan fingerprint density at radius 1 is 0.719 bits per heavy atom. The average Bonchev–Trinajstić information content (AvgIpc) is 2.66. The number of nitrogens with zero attached hydrogens (tertiary/aromatic N) is 1. The summed E-state index contributed by atoms with van der Waals surface area (Å²) in [6, 6.07) is 5.26. The molecule has 2 nitrogen and oxygen atoms in total. The summed E-state index contributed by atoms with van der Waals surface area (Å²) in [6.45, 7) is 0.610. The SMILES string of the molecule is COC(C)(CC(F)(F)C(F)(F)C(F)(F)C(F)(F)C(F)(F)C(F)(F)F)c1ccc(C#N)cc1. The summed E-state index contributed by atoms with van der Waals surface area (Å²) in [4.78, 5) is 0. The van der Waals surface area contributed by atoms with Crippen LogP contribution >= 0.6 is 0 Å². The van der Waals surface area contributed by atoms with E-state index < -0.39 is 53.4 Å². The molecular formula is C17H12F13NO. The van der Waals surface area contributed by atoms with Crippen molar-refractivity contribution in [3.05, 3.63) is 35.4 Å². The molecule has 0 radical (unpaired) electrons. The fourth-order valence-corrected chi connectivity index (χ4v) is 2.53. The number of ether oxygens (including phenoxy) is 1.